The predicted molar refractivity (Wildman–Crippen MR) is 134 cm³/mol. The molecule has 0 spiro atoms. The number of nitriles is 1. The highest BCUT2D eigenvalue weighted by Crippen LogP contribution is 2.33. The number of aromatic nitrogens is 2. The van der Waals surface area contributed by atoms with E-state index in [0.717, 1.165) is 35.0 Å². The summed E-state index contributed by atoms with van der Waals surface area (Å²) in [6.45, 7) is 6.71. The van der Waals surface area contributed by atoms with E-state index in [1.807, 2.05) is 30.7 Å². The third-order valence-corrected chi connectivity index (χ3v) is 7.38. The standard InChI is InChI=1S/C26H26Cl2N4O2/c1-15-8-18(13-29)10-23-20(15)11-19(31(23)3)12-21-22(27)14-30-25(24(21)28)26(34)32-6-4-17(5-7-32)9-16(2)33/h8,10-11,14,17,33H,2,4-7,9,12H2,1,3H3. The van der Waals surface area contributed by atoms with E-state index in [1.54, 1.807) is 4.90 Å². The van der Waals surface area contributed by atoms with Gasteiger partial charge in [-0.1, -0.05) is 29.8 Å². The SMILES string of the molecule is C=C(O)CC1CCN(C(=O)c2ncc(Cl)c(Cc3cc4c(C)cc(C#N)cc4n3C)c2Cl)CC1. The Balaban J connectivity index is 1.61. The number of carbonyl (C=O) groups excluding carboxylic acids is 1. The summed E-state index contributed by atoms with van der Waals surface area (Å²) >= 11 is 13.2. The van der Waals surface area contributed by atoms with Gasteiger partial charge in [0.2, 0.25) is 0 Å². The molecular formula is C26H26Cl2N4O2. The highest BCUT2D eigenvalue weighted by Gasteiger charge is 2.28. The highest BCUT2D eigenvalue weighted by molar-refractivity contribution is 6.37. The van der Waals surface area contributed by atoms with E-state index in [2.05, 4.69) is 23.7 Å². The van der Waals surface area contributed by atoms with Crippen LogP contribution < -0.4 is 0 Å². The van der Waals surface area contributed by atoms with Crippen LogP contribution >= 0.6 is 23.2 Å². The number of aliphatic hydroxyl groups excluding tert-OH is 1. The van der Waals surface area contributed by atoms with E-state index < -0.39 is 0 Å². The molecule has 1 N–H and O–H groups in total. The maximum atomic E-state index is 13.2. The van der Waals surface area contributed by atoms with Crippen molar-refractivity contribution in [2.75, 3.05) is 13.1 Å². The van der Waals surface area contributed by atoms with Crippen molar-refractivity contribution in [2.45, 2.75) is 32.6 Å². The smallest absolute Gasteiger partial charge is 0.274 e. The number of allylic oxidation sites excluding steroid dienone is 1. The molecule has 34 heavy (non-hydrogen) atoms. The molecule has 4 rings (SSSR count). The molecule has 1 fully saturated rings. The van der Waals surface area contributed by atoms with Gasteiger partial charge in [-0.05, 0) is 55.0 Å². The van der Waals surface area contributed by atoms with Crippen LogP contribution in [0.2, 0.25) is 10.0 Å². The Bertz CT molecular complexity index is 1330. The van der Waals surface area contributed by atoms with Crippen molar-refractivity contribution in [3.8, 4) is 6.07 Å². The molecule has 1 saturated heterocycles. The largest absolute Gasteiger partial charge is 0.513 e. The van der Waals surface area contributed by atoms with Crippen molar-refractivity contribution < 1.29 is 9.90 Å². The summed E-state index contributed by atoms with van der Waals surface area (Å²) in [5.41, 5.74) is 4.40. The van der Waals surface area contributed by atoms with Gasteiger partial charge in [-0.25, -0.2) is 4.98 Å². The van der Waals surface area contributed by atoms with E-state index in [1.165, 1.54) is 6.20 Å². The number of aliphatic hydroxyl groups is 1. The second kappa shape index (κ2) is 9.69. The van der Waals surface area contributed by atoms with E-state index in [0.29, 0.717) is 48.0 Å². The molecule has 1 aliphatic heterocycles. The van der Waals surface area contributed by atoms with E-state index in [9.17, 15) is 15.2 Å². The molecule has 0 radical (unpaired) electrons. The van der Waals surface area contributed by atoms with Gasteiger partial charge in [-0.2, -0.15) is 5.26 Å². The van der Waals surface area contributed by atoms with Gasteiger partial charge in [0, 0.05) is 55.8 Å². The van der Waals surface area contributed by atoms with Gasteiger partial charge >= 0.3 is 0 Å². The minimum absolute atomic E-state index is 0.184. The average Bonchev–Trinajstić information content (AvgIpc) is 3.12. The minimum atomic E-state index is -0.212. The first-order valence-electron chi connectivity index (χ1n) is 11.2. The Morgan fingerprint density at radius 3 is 2.65 bits per heavy atom. The number of likely N-dealkylation sites (tertiary alicyclic amines) is 1. The topological polar surface area (TPSA) is 82.2 Å². The summed E-state index contributed by atoms with van der Waals surface area (Å²) in [7, 11) is 1.94. The lowest BCUT2D eigenvalue weighted by Gasteiger charge is -2.32. The van der Waals surface area contributed by atoms with E-state index in [-0.39, 0.29) is 22.4 Å². The molecule has 0 unspecified atom stereocenters. The number of halogens is 2. The summed E-state index contributed by atoms with van der Waals surface area (Å²) < 4.78 is 2.03. The van der Waals surface area contributed by atoms with Crippen LogP contribution in [0.4, 0.5) is 0 Å². The molecule has 2 aromatic heterocycles. The van der Waals surface area contributed by atoms with Crippen molar-refractivity contribution in [1.82, 2.24) is 14.5 Å². The Labute approximate surface area is 209 Å². The molecule has 6 nitrogen and oxygen atoms in total. The first-order chi connectivity index (χ1) is 16.2. The number of piperidine rings is 1. The second-order valence-electron chi connectivity index (χ2n) is 8.96. The van der Waals surface area contributed by atoms with Crippen LogP contribution in [-0.2, 0) is 13.5 Å². The molecule has 1 amide bonds. The number of fused-ring (bicyclic) bond motifs is 1. The summed E-state index contributed by atoms with van der Waals surface area (Å²) in [4.78, 5) is 19.3. The van der Waals surface area contributed by atoms with Crippen LogP contribution in [0.5, 0.6) is 0 Å². The fourth-order valence-electron chi connectivity index (χ4n) is 4.72. The van der Waals surface area contributed by atoms with Crippen LogP contribution in [0.25, 0.3) is 10.9 Å². The lowest BCUT2D eigenvalue weighted by Crippen LogP contribution is -2.39. The van der Waals surface area contributed by atoms with E-state index in [4.69, 9.17) is 23.2 Å². The number of aryl methyl sites for hydroxylation is 2. The molecule has 0 bridgehead atoms. The van der Waals surface area contributed by atoms with Crippen LogP contribution in [0, 0.1) is 24.2 Å². The van der Waals surface area contributed by atoms with Gasteiger partial charge in [0.25, 0.3) is 5.91 Å². The molecule has 0 atom stereocenters. The van der Waals surface area contributed by atoms with Gasteiger partial charge in [0.05, 0.1) is 27.4 Å². The number of benzene rings is 1. The third kappa shape index (κ3) is 4.64. The van der Waals surface area contributed by atoms with Crippen LogP contribution in [0.3, 0.4) is 0 Å². The number of carbonyl (C=O) groups is 1. The summed E-state index contributed by atoms with van der Waals surface area (Å²) in [6, 6.07) is 8.01. The molecule has 1 aromatic carbocycles. The zero-order valence-corrected chi connectivity index (χ0v) is 20.7. The first-order valence-corrected chi connectivity index (χ1v) is 11.9. The number of hydrogen-bond donors (Lipinski definition) is 1. The number of amides is 1. The van der Waals surface area contributed by atoms with Crippen LogP contribution in [-0.4, -0.2) is 38.6 Å². The maximum Gasteiger partial charge on any atom is 0.274 e. The Morgan fingerprint density at radius 2 is 2.00 bits per heavy atom. The number of rotatable bonds is 5. The molecule has 1 aliphatic rings. The molecule has 3 heterocycles. The van der Waals surface area contributed by atoms with Crippen LogP contribution in [0.1, 0.15) is 52.1 Å². The number of hydrogen-bond acceptors (Lipinski definition) is 4. The summed E-state index contributed by atoms with van der Waals surface area (Å²) in [6.07, 6.45) is 4.06. The van der Waals surface area contributed by atoms with Gasteiger partial charge in [0.15, 0.2) is 0 Å². The molecular weight excluding hydrogens is 471 g/mol. The zero-order chi connectivity index (χ0) is 24.6. The second-order valence-corrected chi connectivity index (χ2v) is 9.75. The van der Waals surface area contributed by atoms with Gasteiger partial charge < -0.3 is 14.6 Å². The fraction of sp³-hybridized carbons (Fsp3) is 0.346. The maximum absolute atomic E-state index is 13.2. The highest BCUT2D eigenvalue weighted by atomic mass is 35.5. The summed E-state index contributed by atoms with van der Waals surface area (Å²) in [5, 5.41) is 20.5. The average molecular weight is 497 g/mol. The lowest BCUT2D eigenvalue weighted by molar-refractivity contribution is 0.0681. The van der Waals surface area contributed by atoms with E-state index >= 15 is 0 Å². The number of pyridine rings is 1. The van der Waals surface area contributed by atoms with Crippen molar-refractivity contribution in [1.29, 1.82) is 5.26 Å². The molecule has 0 saturated carbocycles. The van der Waals surface area contributed by atoms with Crippen molar-refractivity contribution in [3.05, 3.63) is 74.9 Å². The lowest BCUT2D eigenvalue weighted by atomic mass is 9.93. The third-order valence-electron chi connectivity index (χ3n) is 6.65. The van der Waals surface area contributed by atoms with Crippen molar-refractivity contribution in [3.63, 3.8) is 0 Å². The van der Waals surface area contributed by atoms with Gasteiger partial charge in [-0.15, -0.1) is 0 Å². The summed E-state index contributed by atoms with van der Waals surface area (Å²) in [5.74, 6) is 0.294. The molecule has 176 valence electrons. The Morgan fingerprint density at radius 1 is 1.29 bits per heavy atom. The Hall–Kier alpha value is -3.01. The quantitative estimate of drug-likeness (QED) is 0.441. The zero-order valence-electron chi connectivity index (χ0n) is 19.2. The number of nitrogens with zero attached hydrogens (tertiary/aromatic N) is 4. The minimum Gasteiger partial charge on any atom is -0.513 e. The first kappa shape index (κ1) is 24.1. The van der Waals surface area contributed by atoms with Gasteiger partial charge in [0.1, 0.15) is 5.69 Å². The van der Waals surface area contributed by atoms with Crippen molar-refractivity contribution in [2.24, 2.45) is 13.0 Å². The monoisotopic (exact) mass is 496 g/mol. The van der Waals surface area contributed by atoms with Crippen molar-refractivity contribution >= 4 is 40.0 Å². The van der Waals surface area contributed by atoms with Crippen LogP contribution in [0.15, 0.2) is 36.7 Å². The van der Waals surface area contributed by atoms with Gasteiger partial charge in [-0.3, -0.25) is 4.79 Å². The normalized spacial score (nSPS) is 14.4. The Kier molecular flexibility index (Phi) is 6.88. The molecule has 3 aromatic rings. The predicted octanol–water partition coefficient (Wildman–Crippen LogP) is 5.97. The molecule has 8 heteroatoms. The molecule has 0 aliphatic carbocycles. The fourth-order valence-corrected chi connectivity index (χ4v) is 5.27.